The summed E-state index contributed by atoms with van der Waals surface area (Å²) in [6, 6.07) is 33.4. The number of aromatic carboxylic acids is 2. The van der Waals surface area contributed by atoms with Crippen molar-refractivity contribution >= 4 is 35.8 Å². The van der Waals surface area contributed by atoms with E-state index in [9.17, 15) is 33.9 Å². The molecule has 4 unspecified atom stereocenters. The maximum absolute atomic E-state index is 11.8. The summed E-state index contributed by atoms with van der Waals surface area (Å²) in [7, 11) is 1.51. The zero-order valence-corrected chi connectivity index (χ0v) is 79.2. The molecule has 22 nitrogen and oxygen atoms in total. The molecule has 132 heavy (non-hydrogen) atoms. The van der Waals surface area contributed by atoms with Gasteiger partial charge in [-0.05, 0) is 269 Å². The van der Waals surface area contributed by atoms with Crippen LogP contribution in [0.25, 0.3) is 0 Å². The summed E-state index contributed by atoms with van der Waals surface area (Å²) in [6.07, 6.45) is 65.6. The average molecular weight is 1830 g/mol. The van der Waals surface area contributed by atoms with Crippen molar-refractivity contribution in [2.45, 2.75) is 275 Å². The lowest BCUT2D eigenvalue weighted by atomic mass is 10.00. The molecule has 4 aliphatic rings. The molecule has 4 aliphatic heterocycles. The highest BCUT2D eigenvalue weighted by Gasteiger charge is 2.25. The predicted molar refractivity (Wildman–Crippen MR) is 534 cm³/mol. The van der Waals surface area contributed by atoms with E-state index in [1.807, 2.05) is 48.6 Å². The Bertz CT molecular complexity index is 3910. The molecule has 0 radical (unpaired) electrons. The smallest absolute Gasteiger partial charge is 0.335 e. The van der Waals surface area contributed by atoms with Crippen molar-refractivity contribution < 1.29 is 102 Å². The third kappa shape index (κ3) is 76.4. The molecule has 8 N–H and O–H groups in total. The van der Waals surface area contributed by atoms with Crippen molar-refractivity contribution in [2.75, 3.05) is 53.4 Å². The van der Waals surface area contributed by atoms with E-state index in [-0.39, 0.29) is 35.0 Å². The molecule has 0 aliphatic carbocycles. The first-order chi connectivity index (χ1) is 64.0. The first-order valence-corrected chi connectivity index (χ1v) is 47.0. The van der Waals surface area contributed by atoms with Gasteiger partial charge in [0, 0.05) is 19.0 Å². The van der Waals surface area contributed by atoms with E-state index in [1.54, 1.807) is 103 Å². The number of allylic oxidation sites excluding steroid dienone is 11. The molecule has 1 amide bonds. The Balaban J connectivity index is 0.00000147. The van der Waals surface area contributed by atoms with E-state index in [4.69, 9.17) is 68.5 Å². The van der Waals surface area contributed by atoms with Gasteiger partial charge >= 0.3 is 29.8 Å². The molecule has 22 heteroatoms. The summed E-state index contributed by atoms with van der Waals surface area (Å²) in [5.74, 6) is -3.60. The highest BCUT2D eigenvalue weighted by atomic mass is 16.6. The quantitative estimate of drug-likeness (QED) is 0.00589. The second-order valence-electron chi connectivity index (χ2n) is 31.5. The normalized spacial score (nSPS) is 13.7. The Morgan fingerprint density at radius 3 is 1.17 bits per heavy atom. The number of benzene rings is 5. The second-order valence-corrected chi connectivity index (χ2v) is 31.5. The van der Waals surface area contributed by atoms with Gasteiger partial charge in [0.1, 0.15) is 23.0 Å². The van der Waals surface area contributed by atoms with Gasteiger partial charge in [0.15, 0.2) is 17.4 Å². The van der Waals surface area contributed by atoms with Crippen LogP contribution in [-0.2, 0) is 57.5 Å². The molecule has 0 saturated carbocycles. The first kappa shape index (κ1) is 121. The number of epoxide rings is 4. The van der Waals surface area contributed by atoms with Crippen LogP contribution in [0.2, 0.25) is 0 Å². The lowest BCUT2D eigenvalue weighted by Crippen LogP contribution is -2.22. The van der Waals surface area contributed by atoms with Gasteiger partial charge in [-0.15, -0.1) is 65.8 Å². The van der Waals surface area contributed by atoms with Gasteiger partial charge in [0.2, 0.25) is 5.91 Å². The fraction of sp³-hybridized carbons (Fsp3) is 0.473. The SMILES string of the molecule is C=CCC(C(=O)O)C(=O)O.C=CCC/C=C/C(=O)O.C=CCCC1CO1.C=CCCCCC1CO1.C=CCCCCCCC1CO1.C=CCCCCCCCCC(=O)NCc1ccc(O)c(OC)c1.C=CCCCCCCCOc1ccc(C(=O)O)cc1.C=CCCCCOc1ccc(C(=O)O)cc1.C=CCCCCOc1ccc(O)cc1.C=CCc1ccccc1CCC1CO1. The van der Waals surface area contributed by atoms with E-state index in [1.165, 1.54) is 140 Å². The summed E-state index contributed by atoms with van der Waals surface area (Å²) in [4.78, 5) is 63.1. The van der Waals surface area contributed by atoms with Gasteiger partial charge < -0.3 is 79.0 Å². The van der Waals surface area contributed by atoms with Gasteiger partial charge in [-0.1, -0.05) is 168 Å². The molecule has 5 aromatic carbocycles. The number of hydrogen-bond donors (Lipinski definition) is 8. The zero-order valence-electron chi connectivity index (χ0n) is 79.2. The molecule has 5 aromatic rings. The molecule has 0 spiro atoms. The van der Waals surface area contributed by atoms with Gasteiger partial charge in [0.25, 0.3) is 0 Å². The van der Waals surface area contributed by atoms with E-state index < -0.39 is 35.8 Å². The standard InChI is InChI=1S/C19H29NO3.C16H22O3.C13H16O3.C13H16O.C12H16O2.C10H18O.C8H14O.C7H10O2.C6H8O4.C6H10O/c1-3-4-5-6-7-8-9-10-11-19(22)20-15-16-12-13-17(21)18(14-16)23-2;1-2-3-4-5-6-7-8-13-19-15-11-9-14(10-12-15)16(17)18;1-2-3-4-5-10-16-12-8-6-11(7-9-12)13(14)15;1-2-5-11-6-3-4-7-12(11)8-9-13-10-14-13;1-2-3-4-5-10-14-12-8-6-11(13)7-9-12;1-2-3-4-5-6-7-8-10-9-11-10;1-2-3-4-5-6-8-7-9-8;1-2-3-4-5-6-7(8)9;1-2-3-4(5(7)8)6(9)10;1-2-3-4-6-5-7-6/h3,12-14,21H,1,4-11,15H2,2H3,(H,20,22);2,9-12H,1,3-8,13H2,(H,17,18);2,6-9H,1,3-5,10H2,(H,14,15);2-4,6-7,13H,1,5,8-10H2;2,6-9,13H,1,3-5,10H2;2,10H,1,3-9H2;2,8H,1,3-7H2;2,5-6H,1,3-4H2,(H,8,9);2,4H,1,3H2,(H,7,8)(H,9,10);2,6H,1,3-5H2/b;;;;;;;6-5+;;. The maximum atomic E-state index is 11.8. The average Bonchev–Trinajstić information content (AvgIpc) is 1.69. The molecule has 730 valence electrons. The Hall–Kier alpha value is -11.3. The van der Waals surface area contributed by atoms with Crippen LogP contribution < -0.4 is 24.3 Å². The third-order valence-electron chi connectivity index (χ3n) is 20.0. The lowest BCUT2D eigenvalue weighted by Gasteiger charge is -2.08. The van der Waals surface area contributed by atoms with Crippen molar-refractivity contribution in [3.63, 3.8) is 0 Å². The van der Waals surface area contributed by atoms with E-state index in [2.05, 4.69) is 95.4 Å². The number of carbonyl (C=O) groups excluding carboxylic acids is 1. The van der Waals surface area contributed by atoms with Crippen molar-refractivity contribution in [2.24, 2.45) is 5.92 Å². The number of phenolic OH excluding ortho intramolecular Hbond substituents is 2. The topological polar surface area (TPSA) is 343 Å². The van der Waals surface area contributed by atoms with Crippen LogP contribution in [-0.4, -0.2) is 149 Å². The molecular formula is C110H159NO21. The number of phenols is 2. The number of nitrogens with one attached hydrogen (secondary N) is 1. The minimum absolute atomic E-state index is 0.0370. The second kappa shape index (κ2) is 85.2. The number of hydrogen-bond acceptors (Lipinski definition) is 16. The molecular weight excluding hydrogens is 1670 g/mol. The number of unbranched alkanes of at least 4 members (excludes halogenated alkanes) is 22. The number of methoxy groups -OCH3 is 1. The van der Waals surface area contributed by atoms with Crippen LogP contribution >= 0.6 is 0 Å². The van der Waals surface area contributed by atoms with E-state index >= 15 is 0 Å². The van der Waals surface area contributed by atoms with Crippen LogP contribution in [0.1, 0.15) is 269 Å². The van der Waals surface area contributed by atoms with Crippen molar-refractivity contribution in [1.82, 2.24) is 5.32 Å². The monoisotopic (exact) mass is 1830 g/mol. The highest BCUT2D eigenvalue weighted by molar-refractivity contribution is 5.93. The fourth-order valence-electron chi connectivity index (χ4n) is 11.9. The minimum atomic E-state index is -1.35. The van der Waals surface area contributed by atoms with Crippen LogP contribution in [0.4, 0.5) is 0 Å². The fourth-order valence-corrected chi connectivity index (χ4v) is 11.9. The number of carbonyl (C=O) groups is 6. The Morgan fingerprint density at radius 1 is 0.402 bits per heavy atom. The number of aromatic hydroxyl groups is 2. The molecule has 0 aromatic heterocycles. The molecule has 9 rings (SSSR count). The summed E-state index contributed by atoms with van der Waals surface area (Å²) < 4.78 is 41.9. The summed E-state index contributed by atoms with van der Waals surface area (Å²) >= 11 is 0. The largest absolute Gasteiger partial charge is 0.508 e. The molecule has 4 fully saturated rings. The van der Waals surface area contributed by atoms with Crippen LogP contribution in [0, 0.1) is 5.92 Å². The van der Waals surface area contributed by atoms with Crippen LogP contribution in [0.15, 0.2) is 254 Å². The van der Waals surface area contributed by atoms with Crippen molar-refractivity contribution in [3.05, 3.63) is 282 Å². The van der Waals surface area contributed by atoms with E-state index in [0.29, 0.717) is 62.1 Å². The Kier molecular flexibility index (Phi) is 77.9. The highest BCUT2D eigenvalue weighted by Crippen LogP contribution is 2.27. The minimum Gasteiger partial charge on any atom is -0.508 e. The summed E-state index contributed by atoms with van der Waals surface area (Å²) in [6.45, 7) is 42.7. The Labute approximate surface area is 789 Å². The van der Waals surface area contributed by atoms with Crippen molar-refractivity contribution in [3.8, 4) is 34.5 Å². The van der Waals surface area contributed by atoms with Crippen molar-refractivity contribution in [1.29, 1.82) is 0 Å². The molecule has 4 atom stereocenters. The third-order valence-corrected chi connectivity index (χ3v) is 20.0. The summed E-state index contributed by atoms with van der Waals surface area (Å²) in [5.41, 5.74) is 4.33. The number of rotatable bonds is 63. The number of carboxylic acid groups (broad SMARTS) is 5. The van der Waals surface area contributed by atoms with E-state index in [0.717, 1.165) is 172 Å². The number of carboxylic acids is 5. The van der Waals surface area contributed by atoms with Gasteiger partial charge in [-0.25, -0.2) is 14.4 Å². The number of aryl methyl sites for hydroxylation is 1. The number of ether oxygens (including phenoxy) is 8. The van der Waals surface area contributed by atoms with Gasteiger partial charge in [-0.2, -0.15) is 0 Å². The number of aliphatic carboxylic acids is 3. The van der Waals surface area contributed by atoms with Gasteiger partial charge in [-0.3, -0.25) is 14.4 Å². The van der Waals surface area contributed by atoms with Crippen LogP contribution in [0.5, 0.6) is 34.5 Å². The first-order valence-electron chi connectivity index (χ1n) is 47.0. The Morgan fingerprint density at radius 2 is 0.773 bits per heavy atom. The molecule has 0 bridgehead atoms. The number of amides is 1. The maximum Gasteiger partial charge on any atom is 0.335 e. The van der Waals surface area contributed by atoms with Gasteiger partial charge in [0.05, 0.1) is 88.9 Å². The molecule has 4 saturated heterocycles. The molecule has 4 heterocycles. The predicted octanol–water partition coefficient (Wildman–Crippen LogP) is 25.9. The zero-order chi connectivity index (χ0) is 97.5. The van der Waals surface area contributed by atoms with Crippen LogP contribution in [0.3, 0.4) is 0 Å². The lowest BCUT2D eigenvalue weighted by molar-refractivity contribution is -0.154. The summed E-state index contributed by atoms with van der Waals surface area (Å²) in [5, 5.41) is 63.5.